The minimum Gasteiger partial charge on any atom is -0.384 e. The van der Waals surface area contributed by atoms with Gasteiger partial charge in [0, 0.05) is 42.1 Å². The van der Waals surface area contributed by atoms with Crippen molar-refractivity contribution in [2.75, 3.05) is 25.2 Å². The molecule has 2 aromatic carbocycles. The zero-order chi connectivity index (χ0) is 14.8. The van der Waals surface area contributed by atoms with E-state index in [0.29, 0.717) is 12.0 Å². The van der Waals surface area contributed by atoms with Crippen molar-refractivity contribution in [3.05, 3.63) is 42.0 Å². The van der Waals surface area contributed by atoms with E-state index < -0.39 is 0 Å². The number of hydrogen-bond acceptors (Lipinski definition) is 3. The van der Waals surface area contributed by atoms with E-state index in [1.165, 1.54) is 11.1 Å². The predicted molar refractivity (Wildman–Crippen MR) is 85.5 cm³/mol. The van der Waals surface area contributed by atoms with Crippen LogP contribution < -0.4 is 4.90 Å². The highest BCUT2D eigenvalue weighted by molar-refractivity contribution is 5.98. The smallest absolute Gasteiger partial charge is 0.0998 e. The summed E-state index contributed by atoms with van der Waals surface area (Å²) in [5.74, 6) is 0.574. The highest BCUT2D eigenvalue weighted by atomic mass is 16.5. The maximum atomic E-state index is 9.28. The number of rotatable bonds is 3. The summed E-state index contributed by atoms with van der Waals surface area (Å²) in [5.41, 5.74) is 1.98. The summed E-state index contributed by atoms with van der Waals surface area (Å²) in [4.78, 5) is 2.45. The van der Waals surface area contributed by atoms with Crippen LogP contribution in [0, 0.1) is 17.2 Å². The van der Waals surface area contributed by atoms with E-state index in [4.69, 9.17) is 4.74 Å². The number of methoxy groups -OCH3 is 1. The lowest BCUT2D eigenvalue weighted by atomic mass is 10.0. The van der Waals surface area contributed by atoms with Crippen molar-refractivity contribution in [1.29, 1.82) is 5.26 Å². The van der Waals surface area contributed by atoms with Crippen molar-refractivity contribution in [2.45, 2.75) is 19.4 Å². The molecule has 1 heterocycles. The van der Waals surface area contributed by atoms with Gasteiger partial charge in [0.25, 0.3) is 0 Å². The molecule has 3 rings (SSSR count). The first kappa shape index (κ1) is 13.9. The van der Waals surface area contributed by atoms with Crippen molar-refractivity contribution in [2.24, 2.45) is 5.92 Å². The Bertz CT molecular complexity index is 689. The number of nitriles is 1. The molecule has 0 amide bonds. The summed E-state index contributed by atoms with van der Waals surface area (Å²) < 4.78 is 5.33. The Morgan fingerprint density at radius 2 is 2.00 bits per heavy atom. The molecule has 0 spiro atoms. The number of hydrogen-bond donors (Lipinski definition) is 0. The van der Waals surface area contributed by atoms with Crippen molar-refractivity contribution in [3.63, 3.8) is 0 Å². The molecular formula is C18H20N2O. The number of nitrogens with zero attached hydrogens (tertiary/aromatic N) is 2. The lowest BCUT2D eigenvalue weighted by Gasteiger charge is -2.28. The largest absolute Gasteiger partial charge is 0.384 e. The van der Waals surface area contributed by atoms with Crippen LogP contribution in [0.3, 0.4) is 0 Å². The van der Waals surface area contributed by atoms with E-state index in [2.05, 4.69) is 30.0 Å². The Labute approximate surface area is 125 Å². The van der Waals surface area contributed by atoms with Gasteiger partial charge in [-0.2, -0.15) is 5.26 Å². The second-order valence-corrected chi connectivity index (χ2v) is 5.73. The second kappa shape index (κ2) is 5.75. The molecule has 1 fully saturated rings. The molecule has 0 N–H and O–H groups in total. The van der Waals surface area contributed by atoms with Gasteiger partial charge in [0.2, 0.25) is 0 Å². The van der Waals surface area contributed by atoms with Gasteiger partial charge in [0.15, 0.2) is 0 Å². The first-order valence-electron chi connectivity index (χ1n) is 7.43. The van der Waals surface area contributed by atoms with Gasteiger partial charge in [0.05, 0.1) is 18.2 Å². The Balaban J connectivity index is 2.04. The van der Waals surface area contributed by atoms with Gasteiger partial charge in [-0.3, -0.25) is 0 Å². The van der Waals surface area contributed by atoms with Crippen LogP contribution in [-0.2, 0) is 4.74 Å². The van der Waals surface area contributed by atoms with Gasteiger partial charge in [-0.05, 0) is 25.5 Å². The van der Waals surface area contributed by atoms with Gasteiger partial charge in [-0.1, -0.05) is 24.3 Å². The molecule has 108 valence electrons. The maximum absolute atomic E-state index is 9.28. The van der Waals surface area contributed by atoms with Crippen LogP contribution in [0.15, 0.2) is 36.4 Å². The molecule has 0 saturated carbocycles. The van der Waals surface area contributed by atoms with Gasteiger partial charge < -0.3 is 9.64 Å². The predicted octanol–water partition coefficient (Wildman–Crippen LogP) is 3.57. The molecule has 1 aliphatic rings. The third-order valence-electron chi connectivity index (χ3n) is 4.63. The van der Waals surface area contributed by atoms with Crippen molar-refractivity contribution < 1.29 is 4.74 Å². The topological polar surface area (TPSA) is 36.3 Å². The fourth-order valence-electron chi connectivity index (χ4n) is 3.41. The van der Waals surface area contributed by atoms with Crippen molar-refractivity contribution in [1.82, 2.24) is 0 Å². The number of benzene rings is 2. The van der Waals surface area contributed by atoms with Gasteiger partial charge in [0.1, 0.15) is 0 Å². The molecule has 2 atom stereocenters. The first-order valence-corrected chi connectivity index (χ1v) is 7.43. The molecule has 3 heteroatoms. The van der Waals surface area contributed by atoms with Crippen LogP contribution in [-0.4, -0.2) is 26.3 Å². The summed E-state index contributed by atoms with van der Waals surface area (Å²) in [6, 6.07) is 15.0. The molecule has 2 aromatic rings. The highest BCUT2D eigenvalue weighted by Gasteiger charge is 2.31. The molecule has 21 heavy (non-hydrogen) atoms. The normalized spacial score (nSPS) is 21.7. The number of ether oxygens (including phenoxy) is 1. The first-order chi connectivity index (χ1) is 10.3. The summed E-state index contributed by atoms with van der Waals surface area (Å²) >= 11 is 0. The maximum Gasteiger partial charge on any atom is 0.0998 e. The standard InChI is InChI=1S/C18H20N2O/c1-13-15(12-21-2)9-10-20(13)18-8-7-14(11-19)16-5-3-4-6-17(16)18/h3-8,13,15H,9-10,12H2,1-2H3/t13-,15+/m0/s1. The van der Waals surface area contributed by atoms with E-state index >= 15 is 0 Å². The zero-order valence-electron chi connectivity index (χ0n) is 12.5. The molecule has 1 saturated heterocycles. The minimum absolute atomic E-state index is 0.460. The van der Waals surface area contributed by atoms with E-state index in [9.17, 15) is 5.26 Å². The Hall–Kier alpha value is -2.05. The summed E-state index contributed by atoms with van der Waals surface area (Å²) in [6.07, 6.45) is 1.16. The highest BCUT2D eigenvalue weighted by Crippen LogP contribution is 2.35. The molecule has 0 aliphatic carbocycles. The van der Waals surface area contributed by atoms with Crippen LogP contribution in [0.4, 0.5) is 5.69 Å². The number of anilines is 1. The molecule has 0 radical (unpaired) electrons. The Morgan fingerprint density at radius 1 is 1.24 bits per heavy atom. The van der Waals surface area contributed by atoms with Crippen LogP contribution in [0.1, 0.15) is 18.9 Å². The fourth-order valence-corrected chi connectivity index (χ4v) is 3.41. The van der Waals surface area contributed by atoms with Crippen molar-refractivity contribution >= 4 is 16.5 Å². The van der Waals surface area contributed by atoms with E-state index in [-0.39, 0.29) is 0 Å². The molecule has 1 aliphatic heterocycles. The lowest BCUT2D eigenvalue weighted by molar-refractivity contribution is 0.150. The molecule has 0 aromatic heterocycles. The quantitative estimate of drug-likeness (QED) is 0.862. The molecular weight excluding hydrogens is 260 g/mol. The fraction of sp³-hybridized carbons (Fsp3) is 0.389. The second-order valence-electron chi connectivity index (χ2n) is 5.73. The Kier molecular flexibility index (Phi) is 3.81. The number of fused-ring (bicyclic) bond motifs is 1. The van der Waals surface area contributed by atoms with E-state index in [1.54, 1.807) is 7.11 Å². The lowest BCUT2D eigenvalue weighted by Crippen LogP contribution is -2.31. The van der Waals surface area contributed by atoms with E-state index in [1.807, 2.05) is 24.3 Å². The summed E-state index contributed by atoms with van der Waals surface area (Å²) in [6.45, 7) is 4.13. The average Bonchev–Trinajstić information content (AvgIpc) is 2.88. The summed E-state index contributed by atoms with van der Waals surface area (Å²) in [5, 5.41) is 11.5. The molecule has 0 unspecified atom stereocenters. The average molecular weight is 280 g/mol. The van der Waals surface area contributed by atoms with Crippen LogP contribution in [0.25, 0.3) is 10.8 Å². The van der Waals surface area contributed by atoms with Crippen molar-refractivity contribution in [3.8, 4) is 6.07 Å². The van der Waals surface area contributed by atoms with Gasteiger partial charge >= 0.3 is 0 Å². The third kappa shape index (κ3) is 2.36. The van der Waals surface area contributed by atoms with Crippen LogP contribution in [0.5, 0.6) is 0 Å². The van der Waals surface area contributed by atoms with Crippen LogP contribution in [0.2, 0.25) is 0 Å². The minimum atomic E-state index is 0.460. The van der Waals surface area contributed by atoms with Crippen LogP contribution >= 0.6 is 0 Å². The SMILES string of the molecule is COC[C@H]1CCN(c2ccc(C#N)c3ccccc23)[C@H]1C. The third-order valence-corrected chi connectivity index (χ3v) is 4.63. The Morgan fingerprint density at radius 3 is 2.71 bits per heavy atom. The molecule has 3 nitrogen and oxygen atoms in total. The monoisotopic (exact) mass is 280 g/mol. The molecule has 0 bridgehead atoms. The van der Waals surface area contributed by atoms with E-state index in [0.717, 1.165) is 30.5 Å². The summed E-state index contributed by atoms with van der Waals surface area (Å²) in [7, 11) is 1.77. The zero-order valence-corrected chi connectivity index (χ0v) is 12.5. The van der Waals surface area contributed by atoms with Gasteiger partial charge in [-0.25, -0.2) is 0 Å². The van der Waals surface area contributed by atoms with Gasteiger partial charge in [-0.15, -0.1) is 0 Å².